The zero-order valence-corrected chi connectivity index (χ0v) is 12.1. The molecule has 0 aliphatic carbocycles. The van der Waals surface area contributed by atoms with Crippen molar-refractivity contribution in [3.05, 3.63) is 35.7 Å². The van der Waals surface area contributed by atoms with Gasteiger partial charge in [-0.25, -0.2) is 0 Å². The van der Waals surface area contributed by atoms with Crippen LogP contribution in [0.1, 0.15) is 16.2 Å². The first-order chi connectivity index (χ1) is 9.41. The van der Waals surface area contributed by atoms with Gasteiger partial charge in [-0.3, -0.25) is 9.48 Å². The third-order valence-corrected chi connectivity index (χ3v) is 3.05. The second-order valence-electron chi connectivity index (χ2n) is 4.84. The maximum Gasteiger partial charge on any atom is 0.273 e. The van der Waals surface area contributed by atoms with E-state index in [1.165, 1.54) is 4.90 Å². The summed E-state index contributed by atoms with van der Waals surface area (Å²) in [6, 6.07) is 7.42. The summed E-state index contributed by atoms with van der Waals surface area (Å²) in [5.74, 6) is -0.106. The van der Waals surface area contributed by atoms with Crippen molar-refractivity contribution in [2.45, 2.75) is 6.92 Å². The van der Waals surface area contributed by atoms with E-state index < -0.39 is 0 Å². The number of para-hydroxylation sites is 2. The summed E-state index contributed by atoms with van der Waals surface area (Å²) >= 11 is 0. The SMILES string of the molecule is Cc1nn(C)c(C(=O)N(C)C)c1Nc1ccccc1N. The van der Waals surface area contributed by atoms with Gasteiger partial charge in [0.2, 0.25) is 0 Å². The van der Waals surface area contributed by atoms with Gasteiger partial charge in [-0.1, -0.05) is 12.1 Å². The molecule has 20 heavy (non-hydrogen) atoms. The van der Waals surface area contributed by atoms with Crippen LogP contribution in [0.2, 0.25) is 0 Å². The van der Waals surface area contributed by atoms with E-state index in [2.05, 4.69) is 10.4 Å². The molecule has 0 saturated heterocycles. The molecule has 1 heterocycles. The number of carbonyl (C=O) groups excluding carboxylic acids is 1. The standard InChI is InChI=1S/C14H19N5O/c1-9-12(16-11-8-6-5-7-10(11)15)13(19(4)17-9)14(20)18(2)3/h5-8,16H,15H2,1-4H3. The Kier molecular flexibility index (Phi) is 3.65. The van der Waals surface area contributed by atoms with Crippen molar-refractivity contribution in [2.75, 3.05) is 25.1 Å². The van der Waals surface area contributed by atoms with E-state index in [1.807, 2.05) is 31.2 Å². The molecule has 0 fully saturated rings. The van der Waals surface area contributed by atoms with Crippen LogP contribution in [0.3, 0.4) is 0 Å². The number of aryl methyl sites for hydroxylation is 2. The lowest BCUT2D eigenvalue weighted by atomic mass is 10.2. The van der Waals surface area contributed by atoms with Crippen LogP contribution in [0.4, 0.5) is 17.1 Å². The Bertz CT molecular complexity index is 645. The van der Waals surface area contributed by atoms with Crippen LogP contribution in [0.5, 0.6) is 0 Å². The lowest BCUT2D eigenvalue weighted by Gasteiger charge is -2.14. The Morgan fingerprint density at radius 2 is 2.00 bits per heavy atom. The number of benzene rings is 1. The van der Waals surface area contributed by atoms with Gasteiger partial charge in [0.1, 0.15) is 5.69 Å². The van der Waals surface area contributed by atoms with Gasteiger partial charge in [-0.05, 0) is 19.1 Å². The molecule has 6 nitrogen and oxygen atoms in total. The molecule has 2 rings (SSSR count). The Morgan fingerprint density at radius 3 is 2.60 bits per heavy atom. The van der Waals surface area contributed by atoms with Crippen LogP contribution in [-0.2, 0) is 7.05 Å². The minimum atomic E-state index is -0.106. The highest BCUT2D eigenvalue weighted by atomic mass is 16.2. The first kappa shape index (κ1) is 13.9. The Hall–Kier alpha value is -2.50. The quantitative estimate of drug-likeness (QED) is 0.835. The summed E-state index contributed by atoms with van der Waals surface area (Å²) in [4.78, 5) is 13.8. The molecule has 1 aromatic heterocycles. The van der Waals surface area contributed by atoms with Crippen molar-refractivity contribution in [3.63, 3.8) is 0 Å². The number of nitrogens with two attached hydrogens (primary N) is 1. The number of nitrogen functional groups attached to an aromatic ring is 1. The highest BCUT2D eigenvalue weighted by Crippen LogP contribution is 2.28. The van der Waals surface area contributed by atoms with E-state index in [0.29, 0.717) is 17.1 Å². The highest BCUT2D eigenvalue weighted by Gasteiger charge is 2.22. The monoisotopic (exact) mass is 273 g/mol. The van der Waals surface area contributed by atoms with Crippen LogP contribution in [-0.4, -0.2) is 34.7 Å². The minimum absolute atomic E-state index is 0.106. The van der Waals surface area contributed by atoms with Gasteiger partial charge in [0.25, 0.3) is 5.91 Å². The van der Waals surface area contributed by atoms with Gasteiger partial charge >= 0.3 is 0 Å². The molecular weight excluding hydrogens is 254 g/mol. The lowest BCUT2D eigenvalue weighted by Crippen LogP contribution is -2.25. The number of amides is 1. The molecule has 3 N–H and O–H groups in total. The van der Waals surface area contributed by atoms with Crippen LogP contribution in [0, 0.1) is 6.92 Å². The molecule has 6 heteroatoms. The summed E-state index contributed by atoms with van der Waals surface area (Å²) in [6.07, 6.45) is 0. The average Bonchev–Trinajstić information content (AvgIpc) is 2.66. The fraction of sp³-hybridized carbons (Fsp3) is 0.286. The van der Waals surface area contributed by atoms with E-state index in [4.69, 9.17) is 5.73 Å². The first-order valence-corrected chi connectivity index (χ1v) is 6.28. The molecule has 0 atom stereocenters. The molecule has 2 aromatic rings. The summed E-state index contributed by atoms with van der Waals surface area (Å²) in [7, 11) is 5.18. The number of carbonyl (C=O) groups is 1. The number of aromatic nitrogens is 2. The summed E-state index contributed by atoms with van der Waals surface area (Å²) < 4.78 is 1.58. The van der Waals surface area contributed by atoms with Crippen molar-refractivity contribution in [3.8, 4) is 0 Å². The van der Waals surface area contributed by atoms with Crippen LogP contribution in [0.15, 0.2) is 24.3 Å². The molecular formula is C14H19N5O. The highest BCUT2D eigenvalue weighted by molar-refractivity contribution is 5.99. The van der Waals surface area contributed by atoms with Crippen molar-refractivity contribution in [2.24, 2.45) is 7.05 Å². The van der Waals surface area contributed by atoms with E-state index in [1.54, 1.807) is 25.8 Å². The minimum Gasteiger partial charge on any atom is -0.397 e. The van der Waals surface area contributed by atoms with Crippen molar-refractivity contribution in [1.29, 1.82) is 0 Å². The van der Waals surface area contributed by atoms with E-state index in [-0.39, 0.29) is 5.91 Å². The maximum atomic E-state index is 12.3. The van der Waals surface area contributed by atoms with Gasteiger partial charge in [-0.2, -0.15) is 5.10 Å². The second kappa shape index (κ2) is 5.24. The smallest absolute Gasteiger partial charge is 0.273 e. The Labute approximate surface area is 118 Å². The van der Waals surface area contributed by atoms with E-state index in [0.717, 1.165) is 11.4 Å². The van der Waals surface area contributed by atoms with Gasteiger partial charge in [-0.15, -0.1) is 0 Å². The molecule has 0 bridgehead atoms. The van der Waals surface area contributed by atoms with Crippen molar-refractivity contribution < 1.29 is 4.79 Å². The van der Waals surface area contributed by atoms with Crippen molar-refractivity contribution >= 4 is 23.0 Å². The average molecular weight is 273 g/mol. The zero-order valence-electron chi connectivity index (χ0n) is 12.1. The van der Waals surface area contributed by atoms with Gasteiger partial charge in [0, 0.05) is 21.1 Å². The summed E-state index contributed by atoms with van der Waals surface area (Å²) in [5.41, 5.74) is 9.26. The lowest BCUT2D eigenvalue weighted by molar-refractivity contribution is 0.0818. The van der Waals surface area contributed by atoms with Gasteiger partial charge in [0.15, 0.2) is 0 Å². The summed E-state index contributed by atoms with van der Waals surface area (Å²) in [5, 5.41) is 7.52. The van der Waals surface area contributed by atoms with E-state index >= 15 is 0 Å². The number of nitrogens with zero attached hydrogens (tertiary/aromatic N) is 3. The Balaban J connectivity index is 2.47. The third kappa shape index (κ3) is 2.45. The molecule has 0 aliphatic rings. The largest absolute Gasteiger partial charge is 0.397 e. The molecule has 106 valence electrons. The molecule has 1 aromatic carbocycles. The van der Waals surface area contributed by atoms with Gasteiger partial charge < -0.3 is 16.0 Å². The number of anilines is 3. The predicted octanol–water partition coefficient (Wildman–Crippen LogP) is 1.76. The second-order valence-corrected chi connectivity index (χ2v) is 4.84. The topological polar surface area (TPSA) is 76.2 Å². The fourth-order valence-electron chi connectivity index (χ4n) is 2.01. The zero-order chi connectivity index (χ0) is 14.9. The third-order valence-electron chi connectivity index (χ3n) is 3.05. The van der Waals surface area contributed by atoms with E-state index in [9.17, 15) is 4.79 Å². The molecule has 0 spiro atoms. The van der Waals surface area contributed by atoms with Crippen molar-refractivity contribution in [1.82, 2.24) is 14.7 Å². The number of hydrogen-bond acceptors (Lipinski definition) is 4. The predicted molar refractivity (Wildman–Crippen MR) is 80.1 cm³/mol. The number of nitrogens with one attached hydrogen (secondary N) is 1. The van der Waals surface area contributed by atoms with Crippen LogP contribution in [0.25, 0.3) is 0 Å². The molecule has 0 unspecified atom stereocenters. The molecule has 0 radical (unpaired) electrons. The summed E-state index contributed by atoms with van der Waals surface area (Å²) in [6.45, 7) is 1.86. The normalized spacial score (nSPS) is 10.4. The molecule has 0 aliphatic heterocycles. The Morgan fingerprint density at radius 1 is 1.35 bits per heavy atom. The first-order valence-electron chi connectivity index (χ1n) is 6.28. The fourth-order valence-corrected chi connectivity index (χ4v) is 2.01. The van der Waals surface area contributed by atoms with Crippen LogP contribution >= 0.6 is 0 Å². The molecule has 0 saturated carbocycles. The molecule has 1 amide bonds. The maximum absolute atomic E-state index is 12.3. The van der Waals surface area contributed by atoms with Gasteiger partial charge in [0.05, 0.1) is 22.8 Å². The van der Waals surface area contributed by atoms with Crippen LogP contribution < -0.4 is 11.1 Å². The number of rotatable bonds is 3. The number of hydrogen-bond donors (Lipinski definition) is 2.